The highest BCUT2D eigenvalue weighted by Crippen LogP contribution is 2.40. The third-order valence-electron chi connectivity index (χ3n) is 8.97. The maximum Gasteiger partial charge on any atom is 0.167 e. The Morgan fingerprint density at radius 2 is 0.714 bits per heavy atom. The Bertz CT molecular complexity index is 2590. The van der Waals surface area contributed by atoms with E-state index in [2.05, 4.69) is 146 Å². The summed E-state index contributed by atoms with van der Waals surface area (Å²) in [6.07, 6.45) is 0. The molecule has 7 aromatic carbocycles. The van der Waals surface area contributed by atoms with Crippen LogP contribution in [0.15, 0.2) is 180 Å². The molecule has 0 N–H and O–H groups in total. The summed E-state index contributed by atoms with van der Waals surface area (Å²) in [5.74, 6) is 1.75. The van der Waals surface area contributed by atoms with Crippen molar-refractivity contribution < 1.29 is 4.42 Å². The van der Waals surface area contributed by atoms with Crippen molar-refractivity contribution in [3.05, 3.63) is 176 Å². The van der Waals surface area contributed by atoms with Gasteiger partial charge in [0.05, 0.1) is 5.56 Å². The van der Waals surface area contributed by atoms with Crippen LogP contribution < -0.4 is 0 Å². The van der Waals surface area contributed by atoms with Gasteiger partial charge in [-0.25, -0.2) is 15.0 Å². The number of fused-ring (bicyclic) bond motifs is 3. The number of aromatic nitrogens is 3. The predicted octanol–water partition coefficient (Wildman–Crippen LogP) is 11.8. The van der Waals surface area contributed by atoms with Gasteiger partial charge < -0.3 is 4.42 Å². The van der Waals surface area contributed by atoms with E-state index in [0.29, 0.717) is 17.5 Å². The standard InChI is InChI=1S/C45H29N3O/c1-4-15-30(16-5-1)33-21-12-22-34(29-33)43-46-44(39-24-11-10-23-35(39)31-17-6-2-7-18-31)48-45(47-43)40-28-14-27-38-37-26-13-25-36(41(37)49-42(38)40)32-19-8-3-9-20-32/h1-29H. The minimum atomic E-state index is 0.555. The van der Waals surface area contributed by atoms with Crippen LogP contribution in [0.3, 0.4) is 0 Å². The van der Waals surface area contributed by atoms with Crippen molar-refractivity contribution in [1.82, 2.24) is 15.0 Å². The van der Waals surface area contributed by atoms with Crippen molar-refractivity contribution in [2.75, 3.05) is 0 Å². The molecule has 4 nitrogen and oxygen atoms in total. The second-order valence-corrected chi connectivity index (χ2v) is 12.0. The number of furan rings is 1. The van der Waals surface area contributed by atoms with Crippen LogP contribution in [0.1, 0.15) is 0 Å². The number of benzene rings is 7. The fourth-order valence-corrected chi connectivity index (χ4v) is 6.60. The van der Waals surface area contributed by atoms with Crippen LogP contribution in [0.5, 0.6) is 0 Å². The molecule has 2 aromatic heterocycles. The minimum absolute atomic E-state index is 0.555. The summed E-state index contributed by atoms with van der Waals surface area (Å²) in [6.45, 7) is 0. The average Bonchev–Trinajstić information content (AvgIpc) is 3.58. The van der Waals surface area contributed by atoms with E-state index in [4.69, 9.17) is 19.4 Å². The quantitative estimate of drug-likeness (QED) is 0.184. The molecule has 0 aliphatic rings. The zero-order valence-corrected chi connectivity index (χ0v) is 26.5. The lowest BCUT2D eigenvalue weighted by molar-refractivity contribution is 0.670. The van der Waals surface area contributed by atoms with Crippen molar-refractivity contribution in [3.63, 3.8) is 0 Å². The van der Waals surface area contributed by atoms with Gasteiger partial charge in [0, 0.05) is 27.5 Å². The van der Waals surface area contributed by atoms with Crippen LogP contribution in [0.4, 0.5) is 0 Å². The zero-order valence-electron chi connectivity index (χ0n) is 26.5. The van der Waals surface area contributed by atoms with Gasteiger partial charge >= 0.3 is 0 Å². The van der Waals surface area contributed by atoms with Crippen molar-refractivity contribution in [2.45, 2.75) is 0 Å². The predicted molar refractivity (Wildman–Crippen MR) is 200 cm³/mol. The normalized spacial score (nSPS) is 11.3. The average molecular weight is 628 g/mol. The first-order chi connectivity index (χ1) is 24.3. The first kappa shape index (κ1) is 28.6. The molecule has 49 heavy (non-hydrogen) atoms. The fourth-order valence-electron chi connectivity index (χ4n) is 6.60. The zero-order chi connectivity index (χ0) is 32.6. The molecule has 0 spiro atoms. The number of hydrogen-bond donors (Lipinski definition) is 0. The van der Waals surface area contributed by atoms with E-state index in [1.54, 1.807) is 0 Å². The molecule has 9 aromatic rings. The second kappa shape index (κ2) is 12.2. The Kier molecular flexibility index (Phi) is 7.10. The highest BCUT2D eigenvalue weighted by molar-refractivity contribution is 6.12. The molecule has 4 heteroatoms. The van der Waals surface area contributed by atoms with Gasteiger partial charge in [-0.05, 0) is 39.9 Å². The smallest absolute Gasteiger partial charge is 0.167 e. The van der Waals surface area contributed by atoms with Crippen LogP contribution in [0.25, 0.3) is 89.5 Å². The molecular weight excluding hydrogens is 599 g/mol. The van der Waals surface area contributed by atoms with Crippen LogP contribution in [0, 0.1) is 0 Å². The summed E-state index contributed by atoms with van der Waals surface area (Å²) < 4.78 is 6.78. The lowest BCUT2D eigenvalue weighted by Crippen LogP contribution is -2.01. The monoisotopic (exact) mass is 627 g/mol. The number of nitrogens with zero attached hydrogens (tertiary/aromatic N) is 3. The maximum atomic E-state index is 6.78. The van der Waals surface area contributed by atoms with Crippen molar-refractivity contribution in [3.8, 4) is 67.5 Å². The van der Waals surface area contributed by atoms with Gasteiger partial charge in [0.1, 0.15) is 11.2 Å². The summed E-state index contributed by atoms with van der Waals surface area (Å²) in [6, 6.07) is 60.3. The summed E-state index contributed by atoms with van der Waals surface area (Å²) in [5.41, 5.74) is 10.8. The highest BCUT2D eigenvalue weighted by Gasteiger charge is 2.20. The molecule has 0 aliphatic heterocycles. The van der Waals surface area contributed by atoms with E-state index >= 15 is 0 Å². The Balaban J connectivity index is 1.28. The fraction of sp³-hybridized carbons (Fsp3) is 0. The molecule has 0 fully saturated rings. The molecule has 0 amide bonds. The van der Waals surface area contributed by atoms with E-state index in [-0.39, 0.29) is 0 Å². The lowest BCUT2D eigenvalue weighted by atomic mass is 9.99. The summed E-state index contributed by atoms with van der Waals surface area (Å²) in [7, 11) is 0. The topological polar surface area (TPSA) is 51.8 Å². The van der Waals surface area contributed by atoms with Crippen molar-refractivity contribution >= 4 is 21.9 Å². The SMILES string of the molecule is c1ccc(-c2cccc(-c3nc(-c4ccccc4-c4ccccc4)nc(-c4cccc5c4oc4c(-c6ccccc6)cccc45)n3)c2)cc1. The van der Waals surface area contributed by atoms with Gasteiger partial charge in [-0.15, -0.1) is 0 Å². The van der Waals surface area contributed by atoms with Crippen LogP contribution >= 0.6 is 0 Å². The Hall–Kier alpha value is -6.65. The molecular formula is C45H29N3O. The largest absolute Gasteiger partial charge is 0.455 e. The molecule has 0 saturated carbocycles. The van der Waals surface area contributed by atoms with E-state index < -0.39 is 0 Å². The molecule has 0 bridgehead atoms. The molecule has 2 heterocycles. The molecule has 0 unspecified atom stereocenters. The lowest BCUT2D eigenvalue weighted by Gasteiger charge is -2.12. The summed E-state index contributed by atoms with van der Waals surface area (Å²) in [4.78, 5) is 15.5. The number of para-hydroxylation sites is 2. The van der Waals surface area contributed by atoms with Gasteiger partial charge in [-0.1, -0.05) is 164 Å². The van der Waals surface area contributed by atoms with E-state index in [9.17, 15) is 0 Å². The highest BCUT2D eigenvalue weighted by atomic mass is 16.3. The summed E-state index contributed by atoms with van der Waals surface area (Å²) in [5, 5.41) is 2.07. The van der Waals surface area contributed by atoms with Gasteiger partial charge in [-0.2, -0.15) is 0 Å². The molecule has 9 rings (SSSR count). The molecule has 0 aliphatic carbocycles. The second-order valence-electron chi connectivity index (χ2n) is 12.0. The van der Waals surface area contributed by atoms with Crippen LogP contribution in [-0.2, 0) is 0 Å². The van der Waals surface area contributed by atoms with Gasteiger partial charge in [0.25, 0.3) is 0 Å². The van der Waals surface area contributed by atoms with Gasteiger partial charge in [0.2, 0.25) is 0 Å². The Morgan fingerprint density at radius 3 is 1.39 bits per heavy atom. The molecule has 230 valence electrons. The van der Waals surface area contributed by atoms with E-state index in [0.717, 1.165) is 72.0 Å². The first-order valence-electron chi connectivity index (χ1n) is 16.4. The Labute approximate surface area is 284 Å². The number of rotatable bonds is 6. The van der Waals surface area contributed by atoms with E-state index in [1.807, 2.05) is 30.3 Å². The third kappa shape index (κ3) is 5.26. The van der Waals surface area contributed by atoms with Gasteiger partial charge in [0.15, 0.2) is 17.5 Å². The maximum absolute atomic E-state index is 6.78. The van der Waals surface area contributed by atoms with Crippen LogP contribution in [-0.4, -0.2) is 15.0 Å². The molecule has 0 radical (unpaired) electrons. The Morgan fingerprint density at radius 1 is 0.286 bits per heavy atom. The third-order valence-corrected chi connectivity index (χ3v) is 8.97. The summed E-state index contributed by atoms with van der Waals surface area (Å²) >= 11 is 0. The molecule has 0 atom stereocenters. The van der Waals surface area contributed by atoms with Gasteiger partial charge in [-0.3, -0.25) is 0 Å². The van der Waals surface area contributed by atoms with Crippen molar-refractivity contribution in [2.24, 2.45) is 0 Å². The van der Waals surface area contributed by atoms with Crippen LogP contribution in [0.2, 0.25) is 0 Å². The van der Waals surface area contributed by atoms with E-state index in [1.165, 1.54) is 0 Å². The molecule has 0 saturated heterocycles. The number of hydrogen-bond acceptors (Lipinski definition) is 4. The van der Waals surface area contributed by atoms with Crippen molar-refractivity contribution in [1.29, 1.82) is 0 Å². The first-order valence-corrected chi connectivity index (χ1v) is 16.4. The minimum Gasteiger partial charge on any atom is -0.455 e.